The molecule has 2 nitrogen and oxygen atoms in total. The molecule has 0 heterocycles. The van der Waals surface area contributed by atoms with Crippen molar-refractivity contribution in [3.05, 3.63) is 0 Å². The summed E-state index contributed by atoms with van der Waals surface area (Å²) >= 11 is -1.98. The van der Waals surface area contributed by atoms with Gasteiger partial charge in [-0.15, -0.1) is 0 Å². The van der Waals surface area contributed by atoms with Crippen LogP contribution in [0.3, 0.4) is 0 Å². The SMILES string of the molecule is CN(C)CCN(C)C.[CH3][Pb+2][CH](F)C(F)(F)F. The van der Waals surface area contributed by atoms with Gasteiger partial charge >= 0.3 is 56.2 Å². The monoisotopic (exact) mass is 440 g/mol. The molecule has 0 aromatic carbocycles. The molecule has 7 heteroatoms. The first-order chi connectivity index (χ1) is 7.11. The molecule has 0 fully saturated rings. The Labute approximate surface area is 107 Å². The summed E-state index contributed by atoms with van der Waals surface area (Å²) in [5.41, 5.74) is 0. The number of rotatable bonds is 4. The van der Waals surface area contributed by atoms with Crippen molar-refractivity contribution in [3.8, 4) is 0 Å². The molecule has 0 bridgehead atoms. The van der Waals surface area contributed by atoms with Crippen LogP contribution < -0.4 is 0 Å². The third-order valence-corrected chi connectivity index (χ3v) is 4.78. The Bertz CT molecular complexity index is 154. The van der Waals surface area contributed by atoms with Crippen molar-refractivity contribution in [1.82, 2.24) is 9.80 Å². The summed E-state index contributed by atoms with van der Waals surface area (Å²) in [7, 11) is 8.35. The van der Waals surface area contributed by atoms with Gasteiger partial charge < -0.3 is 9.80 Å². The van der Waals surface area contributed by atoms with Gasteiger partial charge in [0, 0.05) is 13.1 Å². The van der Waals surface area contributed by atoms with E-state index in [1.165, 1.54) is 4.48 Å². The first-order valence-corrected chi connectivity index (χ1v) is 10.9. The Morgan fingerprint density at radius 2 is 1.31 bits per heavy atom. The average Bonchev–Trinajstić information content (AvgIpc) is 2.13. The summed E-state index contributed by atoms with van der Waals surface area (Å²) in [5.74, 6) is 0. The fraction of sp³-hybridized carbons (Fsp3) is 1.00. The summed E-state index contributed by atoms with van der Waals surface area (Å²) in [5, 5.41) is 0. The molecule has 0 saturated carbocycles. The van der Waals surface area contributed by atoms with Gasteiger partial charge in [-0.2, -0.15) is 0 Å². The fourth-order valence-corrected chi connectivity index (χ4v) is 1.84. The Hall–Kier alpha value is 0.562. The maximum absolute atomic E-state index is 11.6. The van der Waals surface area contributed by atoms with E-state index < -0.39 is 34.1 Å². The number of hydrogen-bond acceptors (Lipinski definition) is 2. The summed E-state index contributed by atoms with van der Waals surface area (Å²) < 4.78 is 43.9. The molecule has 0 rings (SSSR count). The quantitative estimate of drug-likeness (QED) is 0.486. The summed E-state index contributed by atoms with van der Waals surface area (Å²) in [6.45, 7) is 2.29. The van der Waals surface area contributed by atoms with Crippen molar-refractivity contribution < 1.29 is 17.6 Å². The molecule has 96 valence electrons. The minimum atomic E-state index is -4.57. The normalized spacial score (nSPS) is 13.2. The van der Waals surface area contributed by atoms with Gasteiger partial charge in [0.05, 0.1) is 0 Å². The Balaban J connectivity index is 0. The van der Waals surface area contributed by atoms with E-state index in [0.717, 1.165) is 13.1 Å². The van der Waals surface area contributed by atoms with E-state index in [9.17, 15) is 17.6 Å². The summed E-state index contributed by atoms with van der Waals surface area (Å²) in [6.07, 6.45) is -4.57. The second kappa shape index (κ2) is 9.58. The predicted molar refractivity (Wildman–Crippen MR) is 59.7 cm³/mol. The van der Waals surface area contributed by atoms with E-state index in [1.807, 2.05) is 0 Å². The van der Waals surface area contributed by atoms with Gasteiger partial charge in [0.15, 0.2) is 0 Å². The van der Waals surface area contributed by atoms with Gasteiger partial charge in [-0.25, -0.2) is 0 Å². The predicted octanol–water partition coefficient (Wildman–Crippen LogP) is 1.71. The van der Waals surface area contributed by atoms with Gasteiger partial charge in [-0.1, -0.05) is 0 Å². The van der Waals surface area contributed by atoms with Crippen LogP contribution in [0.2, 0.25) is 4.48 Å². The molecule has 0 radical (unpaired) electrons. The van der Waals surface area contributed by atoms with E-state index >= 15 is 0 Å². The molecule has 0 amide bonds. The molecule has 0 aromatic heterocycles. The third-order valence-electron chi connectivity index (χ3n) is 1.54. The third kappa shape index (κ3) is 14.6. The van der Waals surface area contributed by atoms with Gasteiger partial charge in [-0.05, 0) is 28.2 Å². The van der Waals surface area contributed by atoms with Crippen LogP contribution in [0.15, 0.2) is 0 Å². The van der Waals surface area contributed by atoms with Crippen molar-refractivity contribution in [2.75, 3.05) is 41.3 Å². The first-order valence-electron chi connectivity index (χ1n) is 4.78. The molecule has 0 spiro atoms. The van der Waals surface area contributed by atoms with E-state index in [0.29, 0.717) is 0 Å². The number of likely N-dealkylation sites (N-methyl/N-ethyl adjacent to an activating group) is 2. The van der Waals surface area contributed by atoms with Crippen molar-refractivity contribution in [1.29, 1.82) is 0 Å². The van der Waals surface area contributed by atoms with Crippen LogP contribution in [0.1, 0.15) is 0 Å². The van der Waals surface area contributed by atoms with Gasteiger partial charge in [-0.3, -0.25) is 0 Å². The van der Waals surface area contributed by atoms with E-state index in [-0.39, 0.29) is 0 Å². The van der Waals surface area contributed by atoms with E-state index in [1.54, 1.807) is 0 Å². The molecule has 0 aliphatic carbocycles. The zero-order valence-corrected chi connectivity index (χ0v) is 14.3. The van der Waals surface area contributed by atoms with Crippen LogP contribution in [0, 0.1) is 0 Å². The first kappa shape index (κ1) is 18.9. The molecule has 0 aliphatic heterocycles. The van der Waals surface area contributed by atoms with E-state index in [4.69, 9.17) is 0 Å². The molecular weight excluding hydrogens is 419 g/mol. The Kier molecular flexibility index (Phi) is 11.3. The number of nitrogens with zero attached hydrogens (tertiary/aromatic N) is 2. The molecule has 0 saturated heterocycles. The molecule has 1 atom stereocenters. The average molecular weight is 439 g/mol. The molecular formula is C9H20F4N2Pb+2. The number of hydrogen-bond donors (Lipinski definition) is 0. The van der Waals surface area contributed by atoms with Crippen LogP contribution >= 0.6 is 0 Å². The van der Waals surface area contributed by atoms with Crippen LogP contribution in [-0.2, 0) is 0 Å². The fourth-order valence-electron chi connectivity index (χ4n) is 0.564. The minimum absolute atomic E-state index is 1.15. The molecule has 16 heavy (non-hydrogen) atoms. The topological polar surface area (TPSA) is 6.48 Å². The van der Waals surface area contributed by atoms with Crippen molar-refractivity contribution in [2.24, 2.45) is 0 Å². The van der Waals surface area contributed by atoms with Crippen LogP contribution in [0.5, 0.6) is 0 Å². The van der Waals surface area contributed by atoms with Crippen LogP contribution in [0.25, 0.3) is 0 Å². The van der Waals surface area contributed by atoms with Crippen LogP contribution in [-0.4, -0.2) is 85.2 Å². The van der Waals surface area contributed by atoms with Crippen molar-refractivity contribution >= 4 is 24.2 Å². The van der Waals surface area contributed by atoms with E-state index in [2.05, 4.69) is 38.0 Å². The summed E-state index contributed by atoms with van der Waals surface area (Å²) in [6, 6.07) is 0. The molecule has 0 aliphatic rings. The standard InChI is InChI=1S/C6H16N2.C2HF4.CH3.Pb/c1-7(2)5-6-8(3)4;3-1-2(4,5)6;;/h5-6H2,1-4H3;1H;1H3;/q;;;+2. The molecule has 1 unspecified atom stereocenters. The van der Waals surface area contributed by atoms with Gasteiger partial charge in [0.25, 0.3) is 0 Å². The Morgan fingerprint density at radius 3 is 1.38 bits per heavy atom. The van der Waals surface area contributed by atoms with Crippen molar-refractivity contribution in [2.45, 2.75) is 14.4 Å². The zero-order chi connectivity index (χ0) is 13.4. The number of alkyl halides is 4. The summed E-state index contributed by atoms with van der Waals surface area (Å²) in [4.78, 5) is 4.36. The second-order valence-corrected chi connectivity index (χ2v) is 8.01. The van der Waals surface area contributed by atoms with Gasteiger partial charge in [0.2, 0.25) is 0 Å². The Morgan fingerprint density at radius 1 is 1.00 bits per heavy atom. The second-order valence-electron chi connectivity index (χ2n) is 3.80. The molecule has 0 aromatic rings. The van der Waals surface area contributed by atoms with Gasteiger partial charge in [0.1, 0.15) is 0 Å². The zero-order valence-electron chi connectivity index (χ0n) is 10.4. The maximum atomic E-state index is 11.6. The molecule has 0 N–H and O–H groups in total. The van der Waals surface area contributed by atoms with Crippen molar-refractivity contribution in [3.63, 3.8) is 0 Å². The number of halogens is 4. The van der Waals surface area contributed by atoms with Crippen LogP contribution in [0.4, 0.5) is 17.6 Å².